The van der Waals surface area contributed by atoms with Crippen LogP contribution in [0.5, 0.6) is 5.75 Å². The molecule has 0 heterocycles. The number of rotatable bonds is 5. The van der Waals surface area contributed by atoms with E-state index in [-0.39, 0.29) is 0 Å². The summed E-state index contributed by atoms with van der Waals surface area (Å²) in [6.45, 7) is 2.17. The fourth-order valence-corrected chi connectivity index (χ4v) is 2.10. The molecule has 0 amide bonds. The average Bonchev–Trinajstić information content (AvgIpc) is 2.29. The molecule has 0 aliphatic heterocycles. The number of thioether (sulfide) groups is 1. The van der Waals surface area contributed by atoms with E-state index < -0.39 is 0 Å². The third-order valence-corrected chi connectivity index (χ3v) is 3.24. The van der Waals surface area contributed by atoms with Crippen LogP contribution < -0.4 is 4.74 Å². The molecule has 0 saturated heterocycles. The van der Waals surface area contributed by atoms with Gasteiger partial charge in [-0.1, -0.05) is 13.0 Å². The molecular formula is C12H15NOS. The van der Waals surface area contributed by atoms with Crippen LogP contribution in [0.25, 0.3) is 0 Å². The van der Waals surface area contributed by atoms with Crippen molar-refractivity contribution < 1.29 is 4.74 Å². The highest BCUT2D eigenvalue weighted by Gasteiger charge is 2.03. The first-order valence-electron chi connectivity index (χ1n) is 4.96. The summed E-state index contributed by atoms with van der Waals surface area (Å²) in [7, 11) is 1.60. The number of nitriles is 1. The first-order valence-corrected chi connectivity index (χ1v) is 6.12. The Morgan fingerprint density at radius 3 is 2.87 bits per heavy atom. The van der Waals surface area contributed by atoms with Crippen molar-refractivity contribution in [3.05, 3.63) is 29.3 Å². The van der Waals surface area contributed by atoms with Crippen molar-refractivity contribution in [3.63, 3.8) is 0 Å². The van der Waals surface area contributed by atoms with E-state index in [0.717, 1.165) is 5.75 Å². The zero-order chi connectivity index (χ0) is 11.1. The lowest BCUT2D eigenvalue weighted by molar-refractivity contribution is 0.413. The standard InChI is InChI=1S/C12H15NOS/c1-3-6-15-9-10-4-5-11(8-13)12(7-10)14-2/h4-5,7H,3,6,9H2,1-2H3. The second-order valence-electron chi connectivity index (χ2n) is 3.20. The average molecular weight is 221 g/mol. The van der Waals surface area contributed by atoms with Gasteiger partial charge < -0.3 is 4.74 Å². The third-order valence-electron chi connectivity index (χ3n) is 2.00. The summed E-state index contributed by atoms with van der Waals surface area (Å²) < 4.78 is 5.15. The van der Waals surface area contributed by atoms with Gasteiger partial charge in [-0.2, -0.15) is 17.0 Å². The maximum atomic E-state index is 8.82. The number of hydrogen-bond acceptors (Lipinski definition) is 3. The van der Waals surface area contributed by atoms with E-state index >= 15 is 0 Å². The topological polar surface area (TPSA) is 33.0 Å². The minimum atomic E-state index is 0.599. The Morgan fingerprint density at radius 2 is 2.27 bits per heavy atom. The molecule has 1 aromatic rings. The molecule has 0 unspecified atom stereocenters. The molecule has 0 N–H and O–H groups in total. The predicted octanol–water partition coefficient (Wildman–Crippen LogP) is 3.21. The number of benzene rings is 1. The van der Waals surface area contributed by atoms with Crippen molar-refractivity contribution in [2.75, 3.05) is 12.9 Å². The fourth-order valence-electron chi connectivity index (χ4n) is 1.25. The Hall–Kier alpha value is -1.14. The minimum absolute atomic E-state index is 0.599. The predicted molar refractivity (Wildman–Crippen MR) is 64.2 cm³/mol. The van der Waals surface area contributed by atoms with Crippen LogP contribution in [0, 0.1) is 11.3 Å². The molecule has 0 spiro atoms. The quantitative estimate of drug-likeness (QED) is 0.716. The molecule has 0 fully saturated rings. The van der Waals surface area contributed by atoms with Crippen LogP contribution in [0.2, 0.25) is 0 Å². The van der Waals surface area contributed by atoms with Crippen molar-refractivity contribution in [2.45, 2.75) is 19.1 Å². The second-order valence-corrected chi connectivity index (χ2v) is 4.30. The molecule has 0 aromatic heterocycles. The lowest BCUT2D eigenvalue weighted by Gasteiger charge is -2.05. The molecule has 15 heavy (non-hydrogen) atoms. The Balaban J connectivity index is 2.71. The summed E-state index contributed by atoms with van der Waals surface area (Å²) in [5.41, 5.74) is 1.81. The van der Waals surface area contributed by atoms with Gasteiger partial charge in [0.25, 0.3) is 0 Å². The SMILES string of the molecule is CCCSCc1ccc(C#N)c(OC)c1. The van der Waals surface area contributed by atoms with Gasteiger partial charge in [0.1, 0.15) is 11.8 Å². The second kappa shape index (κ2) is 6.36. The zero-order valence-corrected chi connectivity index (χ0v) is 9.93. The van der Waals surface area contributed by atoms with Crippen molar-refractivity contribution in [2.24, 2.45) is 0 Å². The lowest BCUT2D eigenvalue weighted by Crippen LogP contribution is -1.90. The Morgan fingerprint density at radius 1 is 1.47 bits per heavy atom. The molecule has 0 aliphatic rings. The molecule has 1 rings (SSSR count). The maximum Gasteiger partial charge on any atom is 0.136 e. The summed E-state index contributed by atoms with van der Waals surface area (Å²) in [6, 6.07) is 7.86. The van der Waals surface area contributed by atoms with Crippen LogP contribution in [-0.2, 0) is 5.75 Å². The highest BCUT2D eigenvalue weighted by molar-refractivity contribution is 7.98. The highest BCUT2D eigenvalue weighted by atomic mass is 32.2. The summed E-state index contributed by atoms with van der Waals surface area (Å²) in [5.74, 6) is 2.82. The van der Waals surface area contributed by atoms with Gasteiger partial charge in [0.2, 0.25) is 0 Å². The molecule has 3 heteroatoms. The fraction of sp³-hybridized carbons (Fsp3) is 0.417. The number of hydrogen-bond donors (Lipinski definition) is 0. The number of nitrogens with zero attached hydrogens (tertiary/aromatic N) is 1. The number of methoxy groups -OCH3 is 1. The Kier molecular flexibility index (Phi) is 5.06. The maximum absolute atomic E-state index is 8.82. The van der Waals surface area contributed by atoms with Gasteiger partial charge in [0.05, 0.1) is 12.7 Å². The van der Waals surface area contributed by atoms with E-state index in [0.29, 0.717) is 11.3 Å². The number of ether oxygens (including phenoxy) is 1. The van der Waals surface area contributed by atoms with Crippen LogP contribution in [0.3, 0.4) is 0 Å². The summed E-state index contributed by atoms with van der Waals surface area (Å²) >= 11 is 1.90. The van der Waals surface area contributed by atoms with Gasteiger partial charge in [0, 0.05) is 5.75 Å². The monoisotopic (exact) mass is 221 g/mol. The van der Waals surface area contributed by atoms with Crippen LogP contribution in [0.15, 0.2) is 18.2 Å². The van der Waals surface area contributed by atoms with Gasteiger partial charge in [-0.25, -0.2) is 0 Å². The molecule has 1 aromatic carbocycles. The molecule has 0 saturated carbocycles. The van der Waals surface area contributed by atoms with Crippen LogP contribution in [0.4, 0.5) is 0 Å². The van der Waals surface area contributed by atoms with E-state index in [9.17, 15) is 0 Å². The molecule has 2 nitrogen and oxygen atoms in total. The summed E-state index contributed by atoms with van der Waals surface area (Å²) in [6.07, 6.45) is 1.19. The Bertz CT molecular complexity index is 357. The van der Waals surface area contributed by atoms with E-state index in [1.54, 1.807) is 7.11 Å². The van der Waals surface area contributed by atoms with Crippen LogP contribution in [-0.4, -0.2) is 12.9 Å². The third kappa shape index (κ3) is 3.49. The first-order chi connectivity index (χ1) is 7.31. The largest absolute Gasteiger partial charge is 0.495 e. The Labute approximate surface area is 95.3 Å². The molecule has 0 aliphatic carbocycles. The lowest BCUT2D eigenvalue weighted by atomic mass is 10.1. The van der Waals surface area contributed by atoms with Crippen molar-refractivity contribution in [1.82, 2.24) is 0 Å². The summed E-state index contributed by atoms with van der Waals surface area (Å²) in [4.78, 5) is 0. The van der Waals surface area contributed by atoms with Gasteiger partial charge in [-0.3, -0.25) is 0 Å². The normalized spacial score (nSPS) is 9.67. The van der Waals surface area contributed by atoms with Crippen LogP contribution in [0.1, 0.15) is 24.5 Å². The minimum Gasteiger partial charge on any atom is -0.495 e. The molecule has 80 valence electrons. The highest BCUT2D eigenvalue weighted by Crippen LogP contribution is 2.22. The molecular weight excluding hydrogens is 206 g/mol. The smallest absolute Gasteiger partial charge is 0.136 e. The van der Waals surface area contributed by atoms with Crippen molar-refractivity contribution in [1.29, 1.82) is 5.26 Å². The van der Waals surface area contributed by atoms with E-state index in [1.807, 2.05) is 30.0 Å². The summed E-state index contributed by atoms with van der Waals surface area (Å²) in [5, 5.41) is 8.82. The molecule has 0 bridgehead atoms. The van der Waals surface area contributed by atoms with Gasteiger partial charge in [0.15, 0.2) is 0 Å². The van der Waals surface area contributed by atoms with Gasteiger partial charge in [-0.05, 0) is 29.9 Å². The van der Waals surface area contributed by atoms with Crippen LogP contribution >= 0.6 is 11.8 Å². The van der Waals surface area contributed by atoms with E-state index in [2.05, 4.69) is 13.0 Å². The van der Waals surface area contributed by atoms with E-state index in [4.69, 9.17) is 10.00 Å². The molecule has 0 radical (unpaired) electrons. The van der Waals surface area contributed by atoms with E-state index in [1.165, 1.54) is 17.7 Å². The van der Waals surface area contributed by atoms with Gasteiger partial charge in [-0.15, -0.1) is 0 Å². The first kappa shape index (κ1) is 11.9. The van der Waals surface area contributed by atoms with Gasteiger partial charge >= 0.3 is 0 Å². The van der Waals surface area contributed by atoms with Crippen molar-refractivity contribution >= 4 is 11.8 Å². The van der Waals surface area contributed by atoms with Crippen molar-refractivity contribution in [3.8, 4) is 11.8 Å². The zero-order valence-electron chi connectivity index (χ0n) is 9.12. The molecule has 0 atom stereocenters.